The first-order valence-electron chi connectivity index (χ1n) is 5.93. The Bertz CT molecular complexity index is 563. The molecule has 0 amide bonds. The van der Waals surface area contributed by atoms with Crippen molar-refractivity contribution < 1.29 is 0 Å². The average Bonchev–Trinajstić information content (AvgIpc) is 2.39. The molecule has 1 heterocycles. The van der Waals surface area contributed by atoms with Gasteiger partial charge in [-0.15, -0.1) is 11.8 Å². The summed E-state index contributed by atoms with van der Waals surface area (Å²) in [6.45, 7) is 0. The molecule has 0 spiro atoms. The maximum Gasteiger partial charge on any atom is 0.0409 e. The molecule has 0 saturated heterocycles. The molecule has 3 rings (SSSR count). The SMILES string of the molecule is Clc1ccc(C2CCc3cc(Cl)ccc3S2)cc1. The molecule has 2 aromatic carbocycles. The molecule has 92 valence electrons. The number of fused-ring (bicyclic) bond motifs is 1. The second kappa shape index (κ2) is 5.16. The van der Waals surface area contributed by atoms with Gasteiger partial charge in [0.1, 0.15) is 0 Å². The van der Waals surface area contributed by atoms with Gasteiger partial charge in [0, 0.05) is 20.2 Å². The predicted molar refractivity (Wildman–Crippen MR) is 79.8 cm³/mol. The fourth-order valence-electron chi connectivity index (χ4n) is 2.27. The Morgan fingerprint density at radius 2 is 1.67 bits per heavy atom. The molecular weight excluding hydrogens is 283 g/mol. The second-order valence-corrected chi connectivity index (χ2v) is 6.57. The lowest BCUT2D eigenvalue weighted by Crippen LogP contribution is -2.04. The van der Waals surface area contributed by atoms with E-state index in [0.717, 1.165) is 22.9 Å². The highest BCUT2D eigenvalue weighted by Crippen LogP contribution is 2.45. The van der Waals surface area contributed by atoms with Crippen LogP contribution in [0.2, 0.25) is 10.0 Å². The van der Waals surface area contributed by atoms with Crippen molar-refractivity contribution in [1.82, 2.24) is 0 Å². The Morgan fingerprint density at radius 1 is 0.944 bits per heavy atom. The summed E-state index contributed by atoms with van der Waals surface area (Å²) in [6.07, 6.45) is 2.25. The van der Waals surface area contributed by atoms with Crippen molar-refractivity contribution in [1.29, 1.82) is 0 Å². The Balaban J connectivity index is 1.86. The zero-order chi connectivity index (χ0) is 12.5. The highest BCUT2D eigenvalue weighted by Gasteiger charge is 2.20. The summed E-state index contributed by atoms with van der Waals surface area (Å²) >= 11 is 13.9. The van der Waals surface area contributed by atoms with Gasteiger partial charge in [-0.3, -0.25) is 0 Å². The van der Waals surface area contributed by atoms with E-state index in [1.807, 2.05) is 30.0 Å². The quantitative estimate of drug-likeness (QED) is 0.643. The van der Waals surface area contributed by atoms with Gasteiger partial charge in [-0.25, -0.2) is 0 Å². The van der Waals surface area contributed by atoms with E-state index in [0.29, 0.717) is 5.25 Å². The van der Waals surface area contributed by atoms with Crippen LogP contribution in [0.5, 0.6) is 0 Å². The van der Waals surface area contributed by atoms with E-state index in [9.17, 15) is 0 Å². The van der Waals surface area contributed by atoms with E-state index >= 15 is 0 Å². The van der Waals surface area contributed by atoms with Crippen molar-refractivity contribution in [3.8, 4) is 0 Å². The van der Waals surface area contributed by atoms with Crippen LogP contribution in [0, 0.1) is 0 Å². The van der Waals surface area contributed by atoms with Crippen LogP contribution in [0.15, 0.2) is 47.4 Å². The van der Waals surface area contributed by atoms with Gasteiger partial charge in [0.2, 0.25) is 0 Å². The monoisotopic (exact) mass is 294 g/mol. The zero-order valence-corrected chi connectivity index (χ0v) is 12.0. The maximum atomic E-state index is 6.02. The van der Waals surface area contributed by atoms with Crippen molar-refractivity contribution in [2.75, 3.05) is 0 Å². The van der Waals surface area contributed by atoms with Crippen LogP contribution < -0.4 is 0 Å². The molecule has 0 aromatic heterocycles. The Hall–Kier alpha value is -0.630. The van der Waals surface area contributed by atoms with Crippen LogP contribution in [0.1, 0.15) is 22.8 Å². The van der Waals surface area contributed by atoms with Gasteiger partial charge in [0.25, 0.3) is 0 Å². The van der Waals surface area contributed by atoms with Crippen molar-refractivity contribution in [2.45, 2.75) is 23.0 Å². The molecular formula is C15H12Cl2S. The highest BCUT2D eigenvalue weighted by molar-refractivity contribution is 7.99. The lowest BCUT2D eigenvalue weighted by atomic mass is 10.0. The first-order valence-corrected chi connectivity index (χ1v) is 7.56. The number of hydrogen-bond acceptors (Lipinski definition) is 1. The van der Waals surface area contributed by atoms with Gasteiger partial charge in [-0.2, -0.15) is 0 Å². The molecule has 0 saturated carbocycles. The molecule has 0 aliphatic carbocycles. The van der Waals surface area contributed by atoms with Gasteiger partial charge in [0.15, 0.2) is 0 Å². The molecule has 1 atom stereocenters. The first kappa shape index (κ1) is 12.4. The molecule has 0 nitrogen and oxygen atoms in total. The van der Waals surface area contributed by atoms with E-state index in [4.69, 9.17) is 23.2 Å². The molecule has 2 aromatic rings. The van der Waals surface area contributed by atoms with E-state index < -0.39 is 0 Å². The summed E-state index contributed by atoms with van der Waals surface area (Å²) in [5.74, 6) is 0. The van der Waals surface area contributed by atoms with Gasteiger partial charge in [-0.1, -0.05) is 35.3 Å². The molecule has 0 bridgehead atoms. The molecule has 1 aliphatic rings. The third-order valence-corrected chi connectivity index (χ3v) is 5.14. The Morgan fingerprint density at radius 3 is 2.44 bits per heavy atom. The van der Waals surface area contributed by atoms with Gasteiger partial charge >= 0.3 is 0 Å². The topological polar surface area (TPSA) is 0 Å². The highest BCUT2D eigenvalue weighted by atomic mass is 35.5. The average molecular weight is 295 g/mol. The summed E-state index contributed by atoms with van der Waals surface area (Å²) in [5, 5.41) is 2.15. The van der Waals surface area contributed by atoms with Crippen LogP contribution in [-0.2, 0) is 6.42 Å². The normalized spacial score (nSPS) is 18.4. The van der Waals surface area contributed by atoms with Crippen molar-refractivity contribution in [2.24, 2.45) is 0 Å². The van der Waals surface area contributed by atoms with Crippen LogP contribution in [-0.4, -0.2) is 0 Å². The van der Waals surface area contributed by atoms with Crippen molar-refractivity contribution in [3.63, 3.8) is 0 Å². The first-order chi connectivity index (χ1) is 8.72. The summed E-state index contributed by atoms with van der Waals surface area (Å²) < 4.78 is 0. The van der Waals surface area contributed by atoms with Gasteiger partial charge < -0.3 is 0 Å². The van der Waals surface area contributed by atoms with Crippen LogP contribution in [0.25, 0.3) is 0 Å². The standard InChI is InChI=1S/C15H12Cl2S/c16-12-4-1-10(2-5-12)14-7-3-11-9-13(17)6-8-15(11)18-14/h1-2,4-6,8-9,14H,3,7H2. The lowest BCUT2D eigenvalue weighted by molar-refractivity contribution is 0.772. The number of thioether (sulfide) groups is 1. The van der Waals surface area contributed by atoms with Crippen LogP contribution >= 0.6 is 35.0 Å². The second-order valence-electron chi connectivity index (χ2n) is 4.45. The number of benzene rings is 2. The molecule has 3 heteroatoms. The number of rotatable bonds is 1. The van der Waals surface area contributed by atoms with Crippen LogP contribution in [0.3, 0.4) is 0 Å². The fraction of sp³-hybridized carbons (Fsp3) is 0.200. The smallest absolute Gasteiger partial charge is 0.0409 e. The molecule has 0 N–H and O–H groups in total. The number of hydrogen-bond donors (Lipinski definition) is 0. The minimum atomic E-state index is 0.524. The molecule has 0 radical (unpaired) electrons. The number of aryl methyl sites for hydroxylation is 1. The van der Waals surface area contributed by atoms with E-state index in [2.05, 4.69) is 24.3 Å². The molecule has 0 fully saturated rings. The Kier molecular flexibility index (Phi) is 3.56. The largest absolute Gasteiger partial charge is 0.118 e. The minimum absolute atomic E-state index is 0.524. The van der Waals surface area contributed by atoms with E-state index in [1.54, 1.807) is 0 Å². The minimum Gasteiger partial charge on any atom is -0.118 e. The third kappa shape index (κ3) is 2.54. The molecule has 18 heavy (non-hydrogen) atoms. The zero-order valence-electron chi connectivity index (χ0n) is 9.70. The summed E-state index contributed by atoms with van der Waals surface area (Å²) in [7, 11) is 0. The van der Waals surface area contributed by atoms with Crippen molar-refractivity contribution in [3.05, 3.63) is 63.6 Å². The summed E-state index contributed by atoms with van der Waals surface area (Å²) in [6, 6.07) is 14.4. The Labute approximate surface area is 121 Å². The maximum absolute atomic E-state index is 6.02. The summed E-state index contributed by atoms with van der Waals surface area (Å²) in [5.41, 5.74) is 2.72. The lowest BCUT2D eigenvalue weighted by Gasteiger charge is -2.24. The third-order valence-electron chi connectivity index (χ3n) is 3.21. The predicted octanol–water partition coefficient (Wildman–Crippen LogP) is 5.77. The van der Waals surface area contributed by atoms with Crippen molar-refractivity contribution >= 4 is 35.0 Å². The van der Waals surface area contributed by atoms with Crippen LogP contribution in [0.4, 0.5) is 0 Å². The van der Waals surface area contributed by atoms with Gasteiger partial charge in [-0.05, 0) is 54.3 Å². The van der Waals surface area contributed by atoms with E-state index in [1.165, 1.54) is 16.0 Å². The van der Waals surface area contributed by atoms with E-state index in [-0.39, 0.29) is 0 Å². The van der Waals surface area contributed by atoms with Gasteiger partial charge in [0.05, 0.1) is 0 Å². The number of halogens is 2. The fourth-order valence-corrected chi connectivity index (χ4v) is 3.88. The molecule has 1 aliphatic heterocycles. The molecule has 1 unspecified atom stereocenters. The summed E-state index contributed by atoms with van der Waals surface area (Å²) in [4.78, 5) is 1.35.